The molecule has 37 heteroatoms. The summed E-state index contributed by atoms with van der Waals surface area (Å²) < 4.78 is 79.4. The summed E-state index contributed by atoms with van der Waals surface area (Å²) in [5, 5.41) is 230. The molecule has 21 rings (SSSR count). The molecule has 21 heterocycles. The zero-order chi connectivity index (χ0) is 59.2. The van der Waals surface area contributed by atoms with Gasteiger partial charge >= 0.3 is 11.9 Å². The van der Waals surface area contributed by atoms with E-state index < -0.39 is 273 Å². The number of aliphatic hydroxyl groups excluding tert-OH is 19. The van der Waals surface area contributed by atoms with Gasteiger partial charge in [0.1, 0.15) is 171 Å². The number of rotatable bonds is 9. The molecular formula is C44H70O37. The third-order valence-corrected chi connectivity index (χ3v) is 15.2. The van der Waals surface area contributed by atoms with E-state index in [0.717, 1.165) is 0 Å². The normalized spacial score (nSPS) is 53.1. The Morgan fingerprint density at radius 3 is 0.494 bits per heavy atom. The summed E-state index contributed by atoms with van der Waals surface area (Å²) in [4.78, 5) is 24.3. The van der Waals surface area contributed by atoms with Gasteiger partial charge in [-0.25, -0.2) is 0 Å². The molecule has 0 unspecified atom stereocenters. The Balaban J connectivity index is 1.10. The summed E-state index contributed by atoms with van der Waals surface area (Å²) >= 11 is 0. The molecule has 468 valence electrons. The third kappa shape index (κ3) is 13.2. The van der Waals surface area contributed by atoms with E-state index in [-0.39, 0.29) is 0 Å². The Hall–Kier alpha value is -2.38. The number of aliphatic carboxylic acids is 2. The Morgan fingerprint density at radius 2 is 0.358 bits per heavy atom. The number of hydrogen-bond donors (Lipinski definition) is 21. The van der Waals surface area contributed by atoms with Crippen LogP contribution in [0.4, 0.5) is 0 Å². The monoisotopic (exact) mass is 1190 g/mol. The lowest BCUT2D eigenvalue weighted by Crippen LogP contribution is -2.68. The number of aliphatic hydroxyl groups is 19. The zero-order valence-corrected chi connectivity index (χ0v) is 42.1. The van der Waals surface area contributed by atoms with Crippen LogP contribution in [-0.2, 0) is 75.9 Å². The van der Waals surface area contributed by atoms with Crippen molar-refractivity contribution in [2.75, 3.05) is 33.0 Å². The summed E-state index contributed by atoms with van der Waals surface area (Å²) in [6.07, 6.45) is -75.8. The number of carbonyl (C=O) groups is 2. The molecule has 0 saturated carbocycles. The minimum Gasteiger partial charge on any atom is -0.481 e. The van der Waals surface area contributed by atoms with Gasteiger partial charge in [0.25, 0.3) is 0 Å². The molecule has 0 radical (unpaired) electrons. The molecule has 21 aliphatic rings. The first-order chi connectivity index (χ1) is 38.4. The molecule has 0 amide bonds. The highest BCUT2D eigenvalue weighted by Crippen LogP contribution is 2.39. The Kier molecular flexibility index (Phi) is 21.6. The van der Waals surface area contributed by atoms with E-state index in [1.807, 2.05) is 0 Å². The summed E-state index contributed by atoms with van der Waals surface area (Å²) in [6.45, 7) is -5.47. The predicted octanol–water partition coefficient (Wildman–Crippen LogP) is -14.3. The maximum absolute atomic E-state index is 12.2. The van der Waals surface area contributed by atoms with Crippen LogP contribution < -0.4 is 0 Å². The summed E-state index contributed by atoms with van der Waals surface area (Å²) in [5.74, 6) is -3.31. The standard InChI is InChI=1S/C44H70O37/c45-3-10-33-20(57)27(64)41(71-10)79-35-12(5-47)73-43(29(66)22(35)59)81-37-14(7-49)74-44(30(67)23(37)60)80-36-13(6-48)72-42(28(65)21(36)58)78-34-11(4-46)70-40(26(63)19(34)56)76-32-9(2-16(52)53)68-38(24(61)17(32)54)75-31-8(1-15(50)51)69-39(77-33)25(62)18(31)55/h8-14,17-49,54-67H,1-7H2,(H,50,51)(H,52,53)/t8-,9-,10-,11+,12-,13+,14+,17-,18+,19-,20+,21-,22-,23-,24-,25+,26-,27+,28-,29-,30-,31-,32-,33-,34-,35-,36-,37-,38-,39-,40-,41-,42-,43-,44-/m1/s1. The first-order valence-electron chi connectivity index (χ1n) is 25.5. The molecule has 21 N–H and O–H groups in total. The number of carboxylic acid groups (broad SMARTS) is 2. The molecule has 21 saturated heterocycles. The minimum absolute atomic E-state index is 1.07. The predicted molar refractivity (Wildman–Crippen MR) is 239 cm³/mol. The van der Waals surface area contributed by atoms with Crippen molar-refractivity contribution in [1.82, 2.24) is 0 Å². The molecule has 14 bridgehead atoms. The van der Waals surface area contributed by atoms with E-state index in [4.69, 9.17) is 66.3 Å². The topological polar surface area (TPSA) is 588 Å². The van der Waals surface area contributed by atoms with Gasteiger partial charge in [0, 0.05) is 0 Å². The molecule has 21 aliphatic heterocycles. The Bertz CT molecular complexity index is 2010. The van der Waals surface area contributed by atoms with Crippen LogP contribution >= 0.6 is 0 Å². The second-order valence-corrected chi connectivity index (χ2v) is 20.5. The van der Waals surface area contributed by atoms with Gasteiger partial charge in [0.2, 0.25) is 0 Å². The maximum atomic E-state index is 12.2. The second kappa shape index (κ2) is 27.1. The van der Waals surface area contributed by atoms with Gasteiger partial charge in [-0.2, -0.15) is 0 Å². The molecule has 0 aliphatic carbocycles. The van der Waals surface area contributed by atoms with Crippen molar-refractivity contribution in [3.05, 3.63) is 0 Å². The summed E-state index contributed by atoms with van der Waals surface area (Å²) in [5.41, 5.74) is 0. The molecule has 0 aromatic rings. The minimum atomic E-state index is -2.37. The average Bonchev–Trinajstić information content (AvgIpc) is 3.61. The first kappa shape index (κ1) is 64.6. The number of carboxylic acids is 2. The highest BCUT2D eigenvalue weighted by Gasteiger charge is 2.60. The van der Waals surface area contributed by atoms with E-state index in [1.165, 1.54) is 0 Å². The lowest BCUT2D eigenvalue weighted by molar-refractivity contribution is -0.396. The van der Waals surface area contributed by atoms with Crippen LogP contribution in [0.1, 0.15) is 12.8 Å². The van der Waals surface area contributed by atoms with Gasteiger partial charge in [-0.1, -0.05) is 0 Å². The smallest absolute Gasteiger partial charge is 0.306 e. The highest BCUT2D eigenvalue weighted by atomic mass is 16.8. The lowest BCUT2D eigenvalue weighted by atomic mass is 9.93. The lowest BCUT2D eigenvalue weighted by Gasteiger charge is -2.50. The molecule has 21 fully saturated rings. The average molecular weight is 1190 g/mol. The summed E-state index contributed by atoms with van der Waals surface area (Å²) in [7, 11) is 0. The van der Waals surface area contributed by atoms with Crippen LogP contribution in [0.5, 0.6) is 0 Å². The van der Waals surface area contributed by atoms with Crippen LogP contribution in [0, 0.1) is 0 Å². The van der Waals surface area contributed by atoms with Crippen molar-refractivity contribution in [2.45, 2.75) is 228 Å². The van der Waals surface area contributed by atoms with Crippen molar-refractivity contribution in [3.63, 3.8) is 0 Å². The van der Waals surface area contributed by atoms with Gasteiger partial charge < -0.3 is 174 Å². The fraction of sp³-hybridized carbons (Fsp3) is 0.955. The van der Waals surface area contributed by atoms with Gasteiger partial charge in [-0.15, -0.1) is 0 Å². The highest BCUT2D eigenvalue weighted by molar-refractivity contribution is 5.68. The maximum Gasteiger partial charge on any atom is 0.306 e. The molecule has 0 spiro atoms. The zero-order valence-electron chi connectivity index (χ0n) is 42.1. The van der Waals surface area contributed by atoms with Gasteiger partial charge in [0.15, 0.2) is 44.0 Å². The first-order valence-corrected chi connectivity index (χ1v) is 25.5. The van der Waals surface area contributed by atoms with E-state index >= 15 is 0 Å². The van der Waals surface area contributed by atoms with Crippen LogP contribution in [0.25, 0.3) is 0 Å². The molecule has 37 nitrogen and oxygen atoms in total. The summed E-state index contributed by atoms with van der Waals surface area (Å²) in [6, 6.07) is 0. The van der Waals surface area contributed by atoms with Crippen molar-refractivity contribution >= 4 is 11.9 Å². The van der Waals surface area contributed by atoms with Gasteiger partial charge in [0.05, 0.1) is 45.9 Å². The van der Waals surface area contributed by atoms with E-state index in [0.29, 0.717) is 0 Å². The third-order valence-electron chi connectivity index (χ3n) is 15.2. The van der Waals surface area contributed by atoms with Crippen LogP contribution in [-0.4, -0.2) is 367 Å². The van der Waals surface area contributed by atoms with Crippen molar-refractivity contribution < 1.29 is 183 Å². The fourth-order valence-corrected chi connectivity index (χ4v) is 10.8. The van der Waals surface area contributed by atoms with Gasteiger partial charge in [-0.05, 0) is 0 Å². The Morgan fingerprint density at radius 1 is 0.222 bits per heavy atom. The second-order valence-electron chi connectivity index (χ2n) is 20.5. The molecule has 0 aromatic carbocycles. The van der Waals surface area contributed by atoms with E-state index in [9.17, 15) is 117 Å². The number of ether oxygens (including phenoxy) is 14. The fourth-order valence-electron chi connectivity index (χ4n) is 10.8. The molecular weight excluding hydrogens is 1120 g/mol. The van der Waals surface area contributed by atoms with Crippen LogP contribution in [0.2, 0.25) is 0 Å². The van der Waals surface area contributed by atoms with E-state index in [2.05, 4.69) is 0 Å². The largest absolute Gasteiger partial charge is 0.481 e. The van der Waals surface area contributed by atoms with Crippen LogP contribution in [0.15, 0.2) is 0 Å². The molecule has 35 atom stereocenters. The SMILES string of the molecule is O=C(O)C[C@H]1O[C@@H]2O[C@H]3[C@@H](O)[C@H](O)[C@@H](O[C@H]4[C@@H](O)[C@H](O)[C@@H](O[C@H]5[C@H](O)[C@@H](O)[C@@H](O[C@H]6[C@H](O)[C@@H](O)[C@@H](O[C@H]7[C@H](O)[C@@H](O)[C@@H](O[C@H]8[C@H](O)[C@@H](O)[C@@H](O[C@H]1[C@H](O)[C@H]2O)O[C@H]8CO)O[C@H]7CO)O[C@H]6CO)O[C@@H]5CO)O[C@@H]4CO)O[C@@H]3CC(=O)O. The number of hydrogen-bond acceptors (Lipinski definition) is 35. The van der Waals surface area contributed by atoms with Crippen molar-refractivity contribution in [2.24, 2.45) is 0 Å². The quantitative estimate of drug-likeness (QED) is 0.102. The van der Waals surface area contributed by atoms with E-state index in [1.54, 1.807) is 0 Å². The van der Waals surface area contributed by atoms with Crippen molar-refractivity contribution in [3.8, 4) is 0 Å². The molecule has 0 aromatic heterocycles. The molecule has 81 heavy (non-hydrogen) atoms. The van der Waals surface area contributed by atoms with Crippen LogP contribution in [0.3, 0.4) is 0 Å². The Labute approximate surface area is 455 Å². The van der Waals surface area contributed by atoms with Crippen molar-refractivity contribution in [1.29, 1.82) is 0 Å². The van der Waals surface area contributed by atoms with Gasteiger partial charge in [-0.3, -0.25) is 9.59 Å².